The lowest BCUT2D eigenvalue weighted by Gasteiger charge is -2.26. The van der Waals surface area contributed by atoms with Gasteiger partial charge in [-0.1, -0.05) is 55.1 Å². The number of nitrogens with zero attached hydrogens (tertiary/aromatic N) is 1. The van der Waals surface area contributed by atoms with Crippen molar-refractivity contribution in [1.82, 2.24) is 4.90 Å². The van der Waals surface area contributed by atoms with E-state index < -0.39 is 15.9 Å². The Bertz CT molecular complexity index is 786. The molecule has 0 aliphatic rings. The monoisotopic (exact) mass is 343 g/mol. The average molecular weight is 343 g/mol. The number of hydrogen-bond donors (Lipinski definition) is 0. The SMILES string of the molecule is C=C(CN(Cc1ccccc1)[C@@H](C)C=O)S(=O)(=O)c1ccccc1. The van der Waals surface area contributed by atoms with Crippen molar-refractivity contribution in [3.8, 4) is 0 Å². The van der Waals surface area contributed by atoms with Crippen LogP contribution in [0.4, 0.5) is 0 Å². The van der Waals surface area contributed by atoms with Crippen LogP contribution >= 0.6 is 0 Å². The third-order valence-corrected chi connectivity index (χ3v) is 5.60. The maximum Gasteiger partial charge on any atom is 0.203 e. The first-order chi connectivity index (χ1) is 11.4. The van der Waals surface area contributed by atoms with Gasteiger partial charge in [0.05, 0.1) is 15.8 Å². The van der Waals surface area contributed by atoms with Crippen LogP contribution in [0.3, 0.4) is 0 Å². The van der Waals surface area contributed by atoms with E-state index >= 15 is 0 Å². The Morgan fingerprint density at radius 2 is 1.62 bits per heavy atom. The second kappa shape index (κ2) is 8.04. The fourth-order valence-corrected chi connectivity index (χ4v) is 3.51. The molecule has 0 radical (unpaired) electrons. The quantitative estimate of drug-likeness (QED) is 0.691. The number of hydrogen-bond acceptors (Lipinski definition) is 4. The zero-order valence-corrected chi connectivity index (χ0v) is 14.4. The lowest BCUT2D eigenvalue weighted by molar-refractivity contribution is -0.111. The van der Waals surface area contributed by atoms with E-state index in [1.54, 1.807) is 42.2 Å². The van der Waals surface area contributed by atoms with E-state index in [4.69, 9.17) is 0 Å². The topological polar surface area (TPSA) is 54.5 Å². The molecule has 0 N–H and O–H groups in total. The van der Waals surface area contributed by atoms with Crippen LogP contribution in [0, 0.1) is 0 Å². The van der Waals surface area contributed by atoms with Crippen LogP contribution in [0.1, 0.15) is 12.5 Å². The fourth-order valence-electron chi connectivity index (χ4n) is 2.33. The van der Waals surface area contributed by atoms with Gasteiger partial charge in [0, 0.05) is 13.1 Å². The molecule has 0 saturated carbocycles. The van der Waals surface area contributed by atoms with Crippen LogP contribution in [0.5, 0.6) is 0 Å². The van der Waals surface area contributed by atoms with E-state index in [1.165, 1.54) is 0 Å². The highest BCUT2D eigenvalue weighted by atomic mass is 32.2. The van der Waals surface area contributed by atoms with Crippen LogP contribution in [0.2, 0.25) is 0 Å². The molecule has 0 unspecified atom stereocenters. The van der Waals surface area contributed by atoms with E-state index in [0.717, 1.165) is 11.8 Å². The van der Waals surface area contributed by atoms with Crippen molar-refractivity contribution in [2.75, 3.05) is 6.54 Å². The molecule has 0 aliphatic heterocycles. The Labute approximate surface area is 143 Å². The molecule has 0 heterocycles. The third kappa shape index (κ3) is 4.40. The van der Waals surface area contributed by atoms with Gasteiger partial charge in [-0.25, -0.2) is 8.42 Å². The number of carbonyl (C=O) groups excluding carboxylic acids is 1. The Morgan fingerprint density at radius 3 is 2.17 bits per heavy atom. The van der Waals surface area contributed by atoms with Gasteiger partial charge in [-0.15, -0.1) is 0 Å². The molecule has 0 fully saturated rings. The van der Waals surface area contributed by atoms with Crippen LogP contribution in [-0.4, -0.2) is 32.2 Å². The van der Waals surface area contributed by atoms with Crippen LogP contribution in [-0.2, 0) is 21.2 Å². The summed E-state index contributed by atoms with van der Waals surface area (Å²) in [5, 5.41) is 0. The van der Waals surface area contributed by atoms with Gasteiger partial charge in [0.2, 0.25) is 9.84 Å². The zero-order valence-electron chi connectivity index (χ0n) is 13.6. The van der Waals surface area contributed by atoms with Gasteiger partial charge in [-0.3, -0.25) is 4.90 Å². The smallest absolute Gasteiger partial charge is 0.203 e. The second-order valence-corrected chi connectivity index (χ2v) is 7.68. The maximum absolute atomic E-state index is 12.6. The summed E-state index contributed by atoms with van der Waals surface area (Å²) in [6.45, 7) is 6.08. The molecule has 2 aromatic carbocycles. The maximum atomic E-state index is 12.6. The minimum atomic E-state index is -3.62. The predicted octanol–water partition coefficient (Wildman–Crippen LogP) is 3.06. The number of rotatable bonds is 8. The molecule has 0 aliphatic carbocycles. The highest BCUT2D eigenvalue weighted by molar-refractivity contribution is 7.95. The summed E-state index contributed by atoms with van der Waals surface area (Å²) in [6, 6.07) is 17.4. The molecule has 2 aromatic rings. The van der Waals surface area contributed by atoms with Gasteiger partial charge in [0.15, 0.2) is 0 Å². The minimum Gasteiger partial charge on any atom is -0.302 e. The molecule has 24 heavy (non-hydrogen) atoms. The number of carbonyl (C=O) groups is 1. The van der Waals surface area contributed by atoms with Crippen molar-refractivity contribution in [2.24, 2.45) is 0 Å². The third-order valence-electron chi connectivity index (χ3n) is 3.81. The first kappa shape index (κ1) is 18.1. The fraction of sp³-hybridized carbons (Fsp3) is 0.211. The molecule has 1 atom stereocenters. The highest BCUT2D eigenvalue weighted by Gasteiger charge is 2.23. The number of aldehydes is 1. The summed E-state index contributed by atoms with van der Waals surface area (Å²) in [5.41, 5.74) is 1.01. The molecule has 4 nitrogen and oxygen atoms in total. The Kier molecular flexibility index (Phi) is 6.06. The summed E-state index contributed by atoms with van der Waals surface area (Å²) in [5.74, 6) is 0. The van der Waals surface area contributed by atoms with E-state index in [-0.39, 0.29) is 16.3 Å². The Balaban J connectivity index is 2.20. The lowest BCUT2D eigenvalue weighted by Crippen LogP contribution is -2.36. The number of sulfone groups is 1. The molecular weight excluding hydrogens is 322 g/mol. The molecule has 126 valence electrons. The number of benzene rings is 2. The summed E-state index contributed by atoms with van der Waals surface area (Å²) in [4.78, 5) is 13.3. The molecular formula is C19H21NO3S. The standard InChI is InChI=1S/C19H21NO3S/c1-16(15-21)20(14-18-9-5-3-6-10-18)13-17(2)24(22,23)19-11-7-4-8-12-19/h3-12,15-16H,2,13-14H2,1H3/t16-/m0/s1. The molecule has 0 spiro atoms. The van der Waals surface area contributed by atoms with E-state index in [0.29, 0.717) is 6.54 Å². The van der Waals surface area contributed by atoms with E-state index in [2.05, 4.69) is 6.58 Å². The summed E-state index contributed by atoms with van der Waals surface area (Å²) in [7, 11) is -3.62. The van der Waals surface area contributed by atoms with Gasteiger partial charge in [0.1, 0.15) is 6.29 Å². The van der Waals surface area contributed by atoms with Crippen molar-refractivity contribution in [3.63, 3.8) is 0 Å². The molecule has 0 bridgehead atoms. The Hall–Kier alpha value is -2.24. The van der Waals surface area contributed by atoms with E-state index in [1.807, 2.05) is 30.3 Å². The minimum absolute atomic E-state index is 0.0818. The summed E-state index contributed by atoms with van der Waals surface area (Å²) in [6.07, 6.45) is 0.811. The highest BCUT2D eigenvalue weighted by Crippen LogP contribution is 2.20. The van der Waals surface area contributed by atoms with Crippen molar-refractivity contribution >= 4 is 16.1 Å². The molecule has 5 heteroatoms. The van der Waals surface area contributed by atoms with Gasteiger partial charge < -0.3 is 4.79 Å². The lowest BCUT2D eigenvalue weighted by atomic mass is 10.2. The van der Waals surface area contributed by atoms with Crippen molar-refractivity contribution in [2.45, 2.75) is 24.4 Å². The molecule has 0 aromatic heterocycles. The first-order valence-electron chi connectivity index (χ1n) is 7.66. The van der Waals surface area contributed by atoms with Gasteiger partial charge in [-0.05, 0) is 24.6 Å². The normalized spacial score (nSPS) is 12.8. The molecule has 0 saturated heterocycles. The average Bonchev–Trinajstić information content (AvgIpc) is 2.62. The van der Waals surface area contributed by atoms with E-state index in [9.17, 15) is 13.2 Å². The second-order valence-electron chi connectivity index (χ2n) is 5.62. The molecule has 0 amide bonds. The Morgan fingerprint density at radius 1 is 1.08 bits per heavy atom. The summed E-state index contributed by atoms with van der Waals surface area (Å²) >= 11 is 0. The largest absolute Gasteiger partial charge is 0.302 e. The first-order valence-corrected chi connectivity index (χ1v) is 9.14. The van der Waals surface area contributed by atoms with Crippen LogP contribution in [0.25, 0.3) is 0 Å². The zero-order chi connectivity index (χ0) is 17.6. The van der Waals surface area contributed by atoms with Crippen molar-refractivity contribution < 1.29 is 13.2 Å². The van der Waals surface area contributed by atoms with Crippen LogP contribution in [0.15, 0.2) is 77.0 Å². The van der Waals surface area contributed by atoms with Crippen LogP contribution < -0.4 is 0 Å². The van der Waals surface area contributed by atoms with Crippen molar-refractivity contribution in [1.29, 1.82) is 0 Å². The predicted molar refractivity (Wildman–Crippen MR) is 95.1 cm³/mol. The van der Waals surface area contributed by atoms with Crippen molar-refractivity contribution in [3.05, 3.63) is 77.7 Å². The van der Waals surface area contributed by atoms with Gasteiger partial charge in [-0.2, -0.15) is 0 Å². The summed E-state index contributed by atoms with van der Waals surface area (Å²) < 4.78 is 25.2. The van der Waals surface area contributed by atoms with Gasteiger partial charge in [0.25, 0.3) is 0 Å². The van der Waals surface area contributed by atoms with Gasteiger partial charge >= 0.3 is 0 Å². The molecule has 2 rings (SSSR count).